The highest BCUT2D eigenvalue weighted by Gasteiger charge is 2.28. The maximum absolute atomic E-state index is 13.5. The van der Waals surface area contributed by atoms with E-state index in [0.717, 1.165) is 56.1 Å². The summed E-state index contributed by atoms with van der Waals surface area (Å²) in [7, 11) is 0. The quantitative estimate of drug-likeness (QED) is 0.261. The Morgan fingerprint density at radius 3 is 2.69 bits per heavy atom. The van der Waals surface area contributed by atoms with Crippen molar-refractivity contribution in [2.75, 3.05) is 38.6 Å². The van der Waals surface area contributed by atoms with Crippen LogP contribution < -0.4 is 5.73 Å². The number of Topliss-reactive ketones (excluding diaryl/α,β-unsaturated/α-hetero) is 1. The number of hydrogen-bond donors (Lipinski definition) is 1. The molecule has 180 valence electrons. The van der Waals surface area contributed by atoms with E-state index in [1.54, 1.807) is 11.3 Å². The van der Waals surface area contributed by atoms with E-state index in [-0.39, 0.29) is 5.78 Å². The van der Waals surface area contributed by atoms with E-state index < -0.39 is 0 Å². The molecule has 0 spiro atoms. The topological polar surface area (TPSA) is 60.5 Å². The molecule has 2 aromatic carbocycles. The summed E-state index contributed by atoms with van der Waals surface area (Å²) in [5, 5.41) is 3.23. The van der Waals surface area contributed by atoms with E-state index in [0.29, 0.717) is 18.0 Å². The number of aromatic nitrogens is 1. The molecule has 6 heteroatoms. The lowest BCUT2D eigenvalue weighted by molar-refractivity contribution is 0.0365. The molecule has 2 N–H and O–H groups in total. The maximum Gasteiger partial charge on any atom is 0.167 e. The summed E-state index contributed by atoms with van der Waals surface area (Å²) in [4.78, 5) is 17.1. The molecule has 0 radical (unpaired) electrons. The molecule has 0 unspecified atom stereocenters. The van der Waals surface area contributed by atoms with Crippen molar-refractivity contribution in [2.24, 2.45) is 0 Å². The predicted molar refractivity (Wildman–Crippen MR) is 143 cm³/mol. The number of benzene rings is 2. The first-order chi connectivity index (χ1) is 17.2. The molecule has 2 aliphatic rings. The number of rotatable bonds is 8. The van der Waals surface area contributed by atoms with E-state index >= 15 is 0 Å². The molecule has 0 amide bonds. The lowest BCUT2D eigenvalue weighted by Crippen LogP contribution is -2.38. The molecule has 6 rings (SSSR count). The smallest absolute Gasteiger partial charge is 0.167 e. The Morgan fingerprint density at radius 1 is 1.06 bits per heavy atom. The molecular formula is C29H31N3O2S. The first kappa shape index (κ1) is 22.5. The lowest BCUT2D eigenvalue weighted by atomic mass is 9.96. The zero-order valence-corrected chi connectivity index (χ0v) is 20.7. The number of nitrogen functional groups attached to an aromatic ring is 1. The van der Waals surface area contributed by atoms with Crippen molar-refractivity contribution < 1.29 is 9.53 Å². The fourth-order valence-electron chi connectivity index (χ4n) is 5.14. The van der Waals surface area contributed by atoms with Crippen LogP contribution in [0.15, 0.2) is 60.1 Å². The van der Waals surface area contributed by atoms with Crippen molar-refractivity contribution in [3.05, 3.63) is 76.8 Å². The van der Waals surface area contributed by atoms with Gasteiger partial charge in [-0.25, -0.2) is 0 Å². The Kier molecular flexibility index (Phi) is 6.19. The second-order valence-electron chi connectivity index (χ2n) is 9.73. The molecule has 2 fully saturated rings. The van der Waals surface area contributed by atoms with Crippen LogP contribution in [0.1, 0.15) is 40.2 Å². The van der Waals surface area contributed by atoms with Crippen LogP contribution in [0.5, 0.6) is 0 Å². The molecule has 1 saturated carbocycles. The lowest BCUT2D eigenvalue weighted by Gasteiger charge is -2.26. The standard InChI is InChI=1S/C29H31N3O2S/c30-26-6-5-21(28-2-1-15-35-28)16-23(26)19-27(33)24-17-22-7-8-32(10-9-31-11-13-34-14-12-31)29(22)25(18-24)20-3-4-20/h1-2,5-8,15-18,20H,3-4,9-14,19,30H2. The Morgan fingerprint density at radius 2 is 1.91 bits per heavy atom. The van der Waals surface area contributed by atoms with Crippen molar-refractivity contribution >= 4 is 33.7 Å². The Labute approximate surface area is 210 Å². The van der Waals surface area contributed by atoms with E-state index in [2.05, 4.69) is 51.4 Å². The SMILES string of the molecule is Nc1ccc(-c2cccs2)cc1CC(=O)c1cc(C2CC2)c2c(ccn2CCN2CCOCC2)c1. The van der Waals surface area contributed by atoms with Crippen molar-refractivity contribution in [3.8, 4) is 10.4 Å². The molecule has 35 heavy (non-hydrogen) atoms. The number of fused-ring (bicyclic) bond motifs is 1. The molecule has 0 bridgehead atoms. The van der Waals surface area contributed by atoms with E-state index in [4.69, 9.17) is 10.5 Å². The first-order valence-corrected chi connectivity index (χ1v) is 13.4. The highest BCUT2D eigenvalue weighted by molar-refractivity contribution is 7.13. The third-order valence-corrected chi connectivity index (χ3v) is 8.21. The molecule has 1 saturated heterocycles. The van der Waals surface area contributed by atoms with Gasteiger partial charge in [0.1, 0.15) is 0 Å². The summed E-state index contributed by atoms with van der Waals surface area (Å²) in [6.07, 6.45) is 4.92. The summed E-state index contributed by atoms with van der Waals surface area (Å²) in [6, 6.07) is 16.6. The monoisotopic (exact) mass is 485 g/mol. The summed E-state index contributed by atoms with van der Waals surface area (Å²) in [5.41, 5.74) is 12.4. The predicted octanol–water partition coefficient (Wildman–Crippen LogP) is 5.59. The zero-order valence-electron chi connectivity index (χ0n) is 19.9. The number of morpholine rings is 1. The number of nitrogens with zero attached hydrogens (tertiary/aromatic N) is 2. The van der Waals surface area contributed by atoms with Crippen LogP contribution in [0.2, 0.25) is 0 Å². The fourth-order valence-corrected chi connectivity index (χ4v) is 5.86. The fraction of sp³-hybridized carbons (Fsp3) is 0.345. The van der Waals surface area contributed by atoms with E-state index in [9.17, 15) is 4.79 Å². The number of carbonyl (C=O) groups excluding carboxylic acids is 1. The minimum absolute atomic E-state index is 0.130. The third kappa shape index (κ3) is 4.79. The minimum Gasteiger partial charge on any atom is -0.398 e. The van der Waals surface area contributed by atoms with Gasteiger partial charge in [-0.05, 0) is 77.2 Å². The van der Waals surface area contributed by atoms with Gasteiger partial charge in [0.05, 0.1) is 18.7 Å². The van der Waals surface area contributed by atoms with Gasteiger partial charge in [-0.3, -0.25) is 9.69 Å². The summed E-state index contributed by atoms with van der Waals surface area (Å²) in [6.45, 7) is 5.65. The maximum atomic E-state index is 13.5. The molecule has 4 aromatic rings. The van der Waals surface area contributed by atoms with Crippen LogP contribution in [-0.4, -0.2) is 48.1 Å². The van der Waals surface area contributed by atoms with Gasteiger partial charge in [0.15, 0.2) is 5.78 Å². The van der Waals surface area contributed by atoms with Crippen LogP contribution in [0.25, 0.3) is 21.3 Å². The van der Waals surface area contributed by atoms with Crippen LogP contribution in [-0.2, 0) is 17.7 Å². The van der Waals surface area contributed by atoms with E-state index in [1.807, 2.05) is 18.2 Å². The first-order valence-electron chi connectivity index (χ1n) is 12.5. The molecule has 3 heterocycles. The molecule has 5 nitrogen and oxygen atoms in total. The average Bonchev–Trinajstić information content (AvgIpc) is 3.42. The number of nitrogens with two attached hydrogens (primary N) is 1. The number of carbonyl (C=O) groups is 1. The largest absolute Gasteiger partial charge is 0.398 e. The third-order valence-electron chi connectivity index (χ3n) is 7.29. The summed E-state index contributed by atoms with van der Waals surface area (Å²) in [5.74, 6) is 0.694. The van der Waals surface area contributed by atoms with Gasteiger partial charge in [-0.2, -0.15) is 0 Å². The van der Waals surface area contributed by atoms with Gasteiger partial charge >= 0.3 is 0 Å². The second kappa shape index (κ2) is 9.61. The van der Waals surface area contributed by atoms with Crippen LogP contribution in [0.4, 0.5) is 5.69 Å². The van der Waals surface area contributed by atoms with Crippen molar-refractivity contribution in [1.82, 2.24) is 9.47 Å². The van der Waals surface area contributed by atoms with Crippen molar-refractivity contribution in [2.45, 2.75) is 31.7 Å². The van der Waals surface area contributed by atoms with Gasteiger partial charge in [-0.15, -0.1) is 11.3 Å². The normalized spacial score (nSPS) is 16.7. The van der Waals surface area contributed by atoms with Gasteiger partial charge < -0.3 is 15.0 Å². The highest BCUT2D eigenvalue weighted by Crippen LogP contribution is 2.44. The highest BCUT2D eigenvalue weighted by atomic mass is 32.1. The number of anilines is 1. The van der Waals surface area contributed by atoms with Crippen LogP contribution in [0, 0.1) is 0 Å². The second-order valence-corrected chi connectivity index (χ2v) is 10.7. The Hall–Kier alpha value is -2.93. The van der Waals surface area contributed by atoms with Crippen LogP contribution in [0.3, 0.4) is 0 Å². The van der Waals surface area contributed by atoms with E-state index in [1.165, 1.54) is 34.2 Å². The molecular weight excluding hydrogens is 454 g/mol. The minimum atomic E-state index is 0.130. The Balaban J connectivity index is 1.26. The summed E-state index contributed by atoms with van der Waals surface area (Å²) < 4.78 is 7.87. The zero-order chi connectivity index (χ0) is 23.8. The van der Waals surface area contributed by atoms with Gasteiger partial charge in [0.2, 0.25) is 0 Å². The molecule has 2 aromatic heterocycles. The van der Waals surface area contributed by atoms with Gasteiger partial charge in [0.25, 0.3) is 0 Å². The van der Waals surface area contributed by atoms with Crippen molar-refractivity contribution in [1.29, 1.82) is 0 Å². The number of thiophene rings is 1. The van der Waals surface area contributed by atoms with Crippen molar-refractivity contribution in [3.63, 3.8) is 0 Å². The average molecular weight is 486 g/mol. The number of ketones is 1. The van der Waals surface area contributed by atoms with Gasteiger partial charge in [-0.1, -0.05) is 12.1 Å². The molecule has 1 aliphatic heterocycles. The number of ether oxygens (including phenoxy) is 1. The summed E-state index contributed by atoms with van der Waals surface area (Å²) >= 11 is 1.70. The number of hydrogen-bond acceptors (Lipinski definition) is 5. The Bertz CT molecular complexity index is 1350. The molecule has 1 aliphatic carbocycles. The van der Waals surface area contributed by atoms with Gasteiger partial charge in [0, 0.05) is 60.3 Å². The van der Waals surface area contributed by atoms with Crippen LogP contribution >= 0.6 is 11.3 Å². The molecule has 0 atom stereocenters.